The van der Waals surface area contributed by atoms with Crippen molar-refractivity contribution in [3.63, 3.8) is 0 Å². The van der Waals surface area contributed by atoms with E-state index in [-0.39, 0.29) is 17.5 Å². The molecule has 1 aliphatic rings. The lowest BCUT2D eigenvalue weighted by atomic mass is 10.1. The summed E-state index contributed by atoms with van der Waals surface area (Å²) in [5.41, 5.74) is 3.14. The van der Waals surface area contributed by atoms with Crippen molar-refractivity contribution in [3.05, 3.63) is 52.2 Å². The standard InChI is InChI=1S/C21H22N6O5/c1-30-17-9-12(10-18(31-2)19(17)32-3)24-21-23-11-16(27(28)29)20(26-21)25-15-6-4-5-14-13(15)7-8-22-14/h4-6,9-11,22H,7-8H2,1-3H3,(H2,23,24,25,26). The molecule has 0 fully saturated rings. The summed E-state index contributed by atoms with van der Waals surface area (Å²) in [4.78, 5) is 19.5. The highest BCUT2D eigenvalue weighted by Gasteiger charge is 2.21. The Morgan fingerprint density at radius 3 is 2.50 bits per heavy atom. The van der Waals surface area contributed by atoms with Crippen LogP contribution in [0.15, 0.2) is 36.5 Å². The van der Waals surface area contributed by atoms with Crippen LogP contribution in [0.3, 0.4) is 0 Å². The van der Waals surface area contributed by atoms with E-state index in [1.165, 1.54) is 21.3 Å². The number of ether oxygens (including phenoxy) is 3. The van der Waals surface area contributed by atoms with Crippen LogP contribution in [0.2, 0.25) is 0 Å². The predicted octanol–water partition coefficient (Wildman–Crippen LogP) is 3.87. The van der Waals surface area contributed by atoms with Gasteiger partial charge in [-0.25, -0.2) is 4.98 Å². The summed E-state index contributed by atoms with van der Waals surface area (Å²) in [6.07, 6.45) is 1.98. The van der Waals surface area contributed by atoms with Gasteiger partial charge in [-0.05, 0) is 18.6 Å². The molecule has 0 radical (unpaired) electrons. The molecule has 0 saturated heterocycles. The van der Waals surface area contributed by atoms with Crippen LogP contribution < -0.4 is 30.2 Å². The third-order valence-corrected chi connectivity index (χ3v) is 5.01. The highest BCUT2D eigenvalue weighted by Crippen LogP contribution is 2.40. The SMILES string of the molecule is COc1cc(Nc2ncc([N+](=O)[O-])c(Nc3cccc4c3CCN4)n2)cc(OC)c1OC. The molecule has 32 heavy (non-hydrogen) atoms. The molecule has 0 atom stereocenters. The van der Waals surface area contributed by atoms with Gasteiger partial charge in [-0.15, -0.1) is 0 Å². The molecule has 11 heteroatoms. The maximum Gasteiger partial charge on any atom is 0.329 e. The zero-order valence-corrected chi connectivity index (χ0v) is 17.8. The molecular weight excluding hydrogens is 416 g/mol. The zero-order chi connectivity index (χ0) is 22.7. The summed E-state index contributed by atoms with van der Waals surface area (Å²) in [5, 5.41) is 21.0. The number of hydrogen-bond donors (Lipinski definition) is 3. The van der Waals surface area contributed by atoms with Gasteiger partial charge in [0.25, 0.3) is 0 Å². The van der Waals surface area contributed by atoms with Gasteiger partial charge >= 0.3 is 5.69 Å². The van der Waals surface area contributed by atoms with Gasteiger partial charge < -0.3 is 30.2 Å². The molecule has 2 heterocycles. The van der Waals surface area contributed by atoms with E-state index in [1.54, 1.807) is 12.1 Å². The first-order valence-corrected chi connectivity index (χ1v) is 9.75. The van der Waals surface area contributed by atoms with Crippen LogP contribution >= 0.6 is 0 Å². The van der Waals surface area contributed by atoms with Crippen molar-refractivity contribution in [2.24, 2.45) is 0 Å². The molecule has 3 aromatic rings. The quantitative estimate of drug-likeness (QED) is 0.352. The number of hydrogen-bond acceptors (Lipinski definition) is 10. The lowest BCUT2D eigenvalue weighted by Crippen LogP contribution is -2.06. The Balaban J connectivity index is 1.68. The van der Waals surface area contributed by atoms with Crippen molar-refractivity contribution in [3.8, 4) is 17.2 Å². The molecule has 11 nitrogen and oxygen atoms in total. The maximum atomic E-state index is 11.6. The van der Waals surface area contributed by atoms with E-state index in [0.29, 0.717) is 22.9 Å². The number of anilines is 5. The highest BCUT2D eigenvalue weighted by atomic mass is 16.6. The fourth-order valence-electron chi connectivity index (χ4n) is 3.53. The van der Waals surface area contributed by atoms with Gasteiger partial charge in [0.05, 0.1) is 26.3 Å². The molecular formula is C21H22N6O5. The Labute approximate surface area is 183 Å². The molecule has 4 rings (SSSR count). The zero-order valence-electron chi connectivity index (χ0n) is 17.8. The van der Waals surface area contributed by atoms with Crippen molar-refractivity contribution >= 4 is 34.5 Å². The summed E-state index contributed by atoms with van der Waals surface area (Å²) < 4.78 is 16.0. The van der Waals surface area contributed by atoms with Crippen molar-refractivity contribution in [2.45, 2.75) is 6.42 Å². The first-order valence-electron chi connectivity index (χ1n) is 9.75. The summed E-state index contributed by atoms with van der Waals surface area (Å²) in [6, 6.07) is 9.09. The van der Waals surface area contributed by atoms with Crippen LogP contribution in [-0.4, -0.2) is 42.8 Å². The monoisotopic (exact) mass is 438 g/mol. The summed E-state index contributed by atoms with van der Waals surface area (Å²) >= 11 is 0. The Morgan fingerprint density at radius 2 is 1.84 bits per heavy atom. The molecule has 1 aliphatic heterocycles. The van der Waals surface area contributed by atoms with Crippen LogP contribution in [0.1, 0.15) is 5.56 Å². The van der Waals surface area contributed by atoms with E-state index < -0.39 is 4.92 Å². The number of fused-ring (bicyclic) bond motifs is 1. The van der Waals surface area contributed by atoms with Gasteiger partial charge in [0.1, 0.15) is 6.20 Å². The van der Waals surface area contributed by atoms with E-state index in [1.807, 2.05) is 18.2 Å². The van der Waals surface area contributed by atoms with Crippen molar-refractivity contribution in [1.29, 1.82) is 0 Å². The van der Waals surface area contributed by atoms with Gasteiger partial charge in [-0.2, -0.15) is 4.98 Å². The van der Waals surface area contributed by atoms with Crippen LogP contribution in [0.5, 0.6) is 17.2 Å². The number of nitrogens with one attached hydrogen (secondary N) is 3. The normalized spacial score (nSPS) is 11.8. The molecule has 166 valence electrons. The minimum absolute atomic E-state index is 0.0836. The average molecular weight is 438 g/mol. The second-order valence-corrected chi connectivity index (χ2v) is 6.86. The van der Waals surface area contributed by atoms with Gasteiger partial charge in [-0.3, -0.25) is 10.1 Å². The second-order valence-electron chi connectivity index (χ2n) is 6.86. The molecule has 0 amide bonds. The van der Waals surface area contributed by atoms with Crippen LogP contribution in [-0.2, 0) is 6.42 Å². The molecule has 0 bridgehead atoms. The fourth-order valence-corrected chi connectivity index (χ4v) is 3.53. The largest absolute Gasteiger partial charge is 0.493 e. The topological polar surface area (TPSA) is 133 Å². The van der Waals surface area contributed by atoms with Crippen LogP contribution in [0, 0.1) is 10.1 Å². The third-order valence-electron chi connectivity index (χ3n) is 5.01. The number of nitrogens with zero attached hydrogens (tertiary/aromatic N) is 3. The van der Waals surface area contributed by atoms with Crippen molar-refractivity contribution < 1.29 is 19.1 Å². The molecule has 0 unspecified atom stereocenters. The predicted molar refractivity (Wildman–Crippen MR) is 120 cm³/mol. The summed E-state index contributed by atoms with van der Waals surface area (Å²) in [7, 11) is 4.54. The molecule has 3 N–H and O–H groups in total. The number of aromatic nitrogens is 2. The lowest BCUT2D eigenvalue weighted by Gasteiger charge is -2.15. The maximum absolute atomic E-state index is 11.6. The first-order chi connectivity index (χ1) is 15.5. The molecule has 0 saturated carbocycles. The second kappa shape index (κ2) is 8.84. The van der Waals surface area contributed by atoms with E-state index in [4.69, 9.17) is 14.2 Å². The number of benzene rings is 2. The minimum atomic E-state index is -0.521. The molecule has 0 spiro atoms. The molecule has 2 aromatic carbocycles. The smallest absolute Gasteiger partial charge is 0.329 e. The Morgan fingerprint density at radius 1 is 1.09 bits per heavy atom. The highest BCUT2D eigenvalue weighted by molar-refractivity contribution is 5.75. The van der Waals surface area contributed by atoms with E-state index >= 15 is 0 Å². The number of rotatable bonds is 8. The Bertz CT molecular complexity index is 1140. The fraction of sp³-hybridized carbons (Fsp3) is 0.238. The molecule has 0 aliphatic carbocycles. The Kier molecular flexibility index (Phi) is 5.79. The number of nitro groups is 1. The first kappa shape index (κ1) is 21.0. The van der Waals surface area contributed by atoms with Gasteiger partial charge in [-0.1, -0.05) is 6.07 Å². The summed E-state index contributed by atoms with van der Waals surface area (Å²) in [5.74, 6) is 1.58. The van der Waals surface area contributed by atoms with Gasteiger partial charge in [0.15, 0.2) is 11.5 Å². The molecule has 1 aromatic heterocycles. The van der Waals surface area contributed by atoms with Crippen molar-refractivity contribution in [1.82, 2.24) is 9.97 Å². The Hall–Kier alpha value is -4.28. The number of methoxy groups -OCH3 is 3. The minimum Gasteiger partial charge on any atom is -0.493 e. The van der Waals surface area contributed by atoms with Crippen LogP contribution in [0.25, 0.3) is 0 Å². The lowest BCUT2D eigenvalue weighted by molar-refractivity contribution is -0.384. The van der Waals surface area contributed by atoms with Gasteiger partial charge in [0.2, 0.25) is 17.5 Å². The van der Waals surface area contributed by atoms with Crippen LogP contribution in [0.4, 0.5) is 34.5 Å². The van der Waals surface area contributed by atoms with Gasteiger partial charge in [0, 0.05) is 41.3 Å². The van der Waals surface area contributed by atoms with E-state index in [9.17, 15) is 10.1 Å². The summed E-state index contributed by atoms with van der Waals surface area (Å²) in [6.45, 7) is 0.813. The van der Waals surface area contributed by atoms with Crippen molar-refractivity contribution in [2.75, 3.05) is 43.8 Å². The van der Waals surface area contributed by atoms with E-state index in [0.717, 1.165) is 36.1 Å². The third kappa shape index (κ3) is 4.00. The van der Waals surface area contributed by atoms with E-state index in [2.05, 4.69) is 25.9 Å². The average Bonchev–Trinajstić information content (AvgIpc) is 3.28.